The minimum Gasteiger partial charge on any atom is -0.469 e. The van der Waals surface area contributed by atoms with Crippen LogP contribution in [0.25, 0.3) is 0 Å². The topological polar surface area (TPSA) is 46.5 Å². The molecular weight excluding hydrogens is 378 g/mol. The molecule has 0 aromatic carbocycles. The minimum absolute atomic E-state index is 0.0556. The molecular formula is C18H30F6O3. The Morgan fingerprint density at radius 3 is 1.44 bits per heavy atom. The fourth-order valence-corrected chi connectivity index (χ4v) is 3.10. The van der Waals surface area contributed by atoms with Crippen LogP contribution in [0.4, 0.5) is 26.3 Å². The number of aliphatic hydroxyl groups is 1. The van der Waals surface area contributed by atoms with Crippen LogP contribution in [0.2, 0.25) is 0 Å². The fraction of sp³-hybridized carbons (Fsp3) is 0.944. The lowest BCUT2D eigenvalue weighted by molar-refractivity contribution is -0.368. The molecule has 0 aromatic rings. The van der Waals surface area contributed by atoms with E-state index in [1.54, 1.807) is 32.1 Å². The largest absolute Gasteiger partial charge is 0.469 e. The maximum atomic E-state index is 11.6. The number of hydrogen-bond donors (Lipinski definition) is 1. The Kier molecular flexibility index (Phi) is 10.1. The highest BCUT2D eigenvalue weighted by Crippen LogP contribution is 2.45. The Bertz CT molecular complexity index is 415. The normalized spacial score (nSPS) is 22.9. The van der Waals surface area contributed by atoms with Crippen molar-refractivity contribution >= 4 is 5.97 Å². The highest BCUT2D eigenvalue weighted by Gasteiger charge is 2.69. The van der Waals surface area contributed by atoms with Crippen LogP contribution in [0, 0.1) is 17.8 Å². The zero-order valence-corrected chi connectivity index (χ0v) is 16.2. The van der Waals surface area contributed by atoms with Gasteiger partial charge in [-0.1, -0.05) is 46.5 Å². The van der Waals surface area contributed by atoms with E-state index < -0.39 is 24.4 Å². The lowest BCUT2D eigenvalue weighted by Gasteiger charge is -2.30. The maximum absolute atomic E-state index is 11.6. The van der Waals surface area contributed by atoms with Crippen molar-refractivity contribution in [2.24, 2.45) is 17.8 Å². The number of carbonyl (C=O) groups excluding carboxylic acids is 1. The number of carbonyl (C=O) groups is 1. The molecule has 0 amide bonds. The number of rotatable bonds is 3. The molecule has 0 heterocycles. The molecule has 162 valence electrons. The van der Waals surface area contributed by atoms with Gasteiger partial charge >= 0.3 is 18.3 Å². The molecule has 1 atom stereocenters. The van der Waals surface area contributed by atoms with E-state index in [-0.39, 0.29) is 11.9 Å². The van der Waals surface area contributed by atoms with Crippen molar-refractivity contribution in [3.05, 3.63) is 0 Å². The van der Waals surface area contributed by atoms with Crippen LogP contribution in [-0.2, 0) is 9.53 Å². The summed E-state index contributed by atoms with van der Waals surface area (Å²) in [6.07, 6.45) is -4.13. The number of methoxy groups -OCH3 is 1. The lowest BCUT2D eigenvalue weighted by atomic mass is 10.00. The third-order valence-corrected chi connectivity index (χ3v) is 5.30. The first-order valence-corrected chi connectivity index (χ1v) is 9.17. The number of halogens is 6. The van der Waals surface area contributed by atoms with Crippen molar-refractivity contribution in [2.45, 2.75) is 83.7 Å². The molecule has 1 N–H and O–H groups in total. The average Bonchev–Trinajstić information content (AvgIpc) is 3.24. The summed E-state index contributed by atoms with van der Waals surface area (Å²) in [4.78, 5) is 10.5. The molecule has 2 aliphatic rings. The van der Waals surface area contributed by atoms with Crippen LogP contribution in [0.15, 0.2) is 0 Å². The van der Waals surface area contributed by atoms with E-state index in [1.165, 1.54) is 18.9 Å². The first kappa shape index (κ1) is 26.0. The predicted molar refractivity (Wildman–Crippen MR) is 88.9 cm³/mol. The summed E-state index contributed by atoms with van der Waals surface area (Å²) in [5.74, 6) is 2.28. The molecule has 2 bridgehead atoms. The predicted octanol–water partition coefficient (Wildman–Crippen LogP) is 5.65. The third kappa shape index (κ3) is 7.50. The van der Waals surface area contributed by atoms with E-state index in [2.05, 4.69) is 4.74 Å². The first-order valence-electron chi connectivity index (χ1n) is 9.17. The van der Waals surface area contributed by atoms with Crippen LogP contribution >= 0.6 is 0 Å². The van der Waals surface area contributed by atoms with Crippen LogP contribution in [0.1, 0.15) is 65.7 Å². The van der Waals surface area contributed by atoms with Crippen LogP contribution in [0.3, 0.4) is 0 Å². The minimum atomic E-state index is -5.68. The van der Waals surface area contributed by atoms with Gasteiger partial charge in [0.25, 0.3) is 5.60 Å². The summed E-state index contributed by atoms with van der Waals surface area (Å²) in [5, 5.41) is 8.24. The Balaban J connectivity index is 0.000000390. The summed E-state index contributed by atoms with van der Waals surface area (Å²) in [7, 11) is 1.41. The van der Waals surface area contributed by atoms with Gasteiger partial charge in [-0.25, -0.2) is 0 Å². The molecule has 0 radical (unpaired) electrons. The van der Waals surface area contributed by atoms with E-state index in [0.717, 1.165) is 6.42 Å². The van der Waals surface area contributed by atoms with Crippen LogP contribution in [0.5, 0.6) is 0 Å². The Morgan fingerprint density at radius 2 is 1.37 bits per heavy atom. The van der Waals surface area contributed by atoms with E-state index in [4.69, 9.17) is 5.11 Å². The van der Waals surface area contributed by atoms with Crippen molar-refractivity contribution in [3.8, 4) is 0 Å². The molecule has 2 aliphatic carbocycles. The van der Waals surface area contributed by atoms with Gasteiger partial charge in [0, 0.05) is 0 Å². The lowest BCUT2D eigenvalue weighted by Crippen LogP contribution is -2.56. The van der Waals surface area contributed by atoms with E-state index in [9.17, 15) is 31.1 Å². The molecule has 0 aliphatic heterocycles. The molecule has 2 saturated carbocycles. The monoisotopic (exact) mass is 408 g/mol. The van der Waals surface area contributed by atoms with Gasteiger partial charge in [0.1, 0.15) is 0 Å². The van der Waals surface area contributed by atoms with Crippen molar-refractivity contribution < 1.29 is 41.0 Å². The maximum Gasteiger partial charge on any atom is 0.426 e. The van der Waals surface area contributed by atoms with Crippen molar-refractivity contribution in [1.29, 1.82) is 0 Å². The van der Waals surface area contributed by atoms with Crippen molar-refractivity contribution in [2.75, 3.05) is 7.11 Å². The van der Waals surface area contributed by atoms with E-state index in [0.29, 0.717) is 6.92 Å². The van der Waals surface area contributed by atoms with Gasteiger partial charge in [0.2, 0.25) is 0 Å². The highest BCUT2D eigenvalue weighted by atomic mass is 19.4. The molecule has 9 heteroatoms. The van der Waals surface area contributed by atoms with Gasteiger partial charge in [-0.15, -0.1) is 0 Å². The summed E-state index contributed by atoms with van der Waals surface area (Å²) in [6.45, 7) is 4.42. The van der Waals surface area contributed by atoms with Gasteiger partial charge < -0.3 is 9.84 Å². The summed E-state index contributed by atoms with van der Waals surface area (Å²) in [6, 6.07) is 0. The molecule has 27 heavy (non-hydrogen) atoms. The Hall–Kier alpha value is -0.990. The van der Waals surface area contributed by atoms with Gasteiger partial charge in [0.15, 0.2) is 0 Å². The smallest absolute Gasteiger partial charge is 0.426 e. The van der Waals surface area contributed by atoms with E-state index >= 15 is 0 Å². The molecule has 2 fully saturated rings. The number of esters is 1. The van der Waals surface area contributed by atoms with Gasteiger partial charge in [-0.3, -0.25) is 4.79 Å². The molecule has 0 aromatic heterocycles. The summed E-state index contributed by atoms with van der Waals surface area (Å²) < 4.78 is 74.2. The molecule has 3 nitrogen and oxygen atoms in total. The van der Waals surface area contributed by atoms with E-state index in [1.807, 2.05) is 13.8 Å². The Morgan fingerprint density at radius 1 is 1.00 bits per heavy atom. The van der Waals surface area contributed by atoms with Crippen LogP contribution in [-0.4, -0.2) is 36.1 Å². The summed E-state index contributed by atoms with van der Waals surface area (Å²) in [5.41, 5.74) is -4.58. The second-order valence-corrected chi connectivity index (χ2v) is 7.16. The van der Waals surface area contributed by atoms with Gasteiger partial charge in [-0.2, -0.15) is 26.3 Å². The van der Waals surface area contributed by atoms with Crippen molar-refractivity contribution in [3.63, 3.8) is 0 Å². The Labute approximate surface area is 156 Å². The summed E-state index contributed by atoms with van der Waals surface area (Å²) >= 11 is 0. The number of alkyl halides is 6. The average molecular weight is 408 g/mol. The number of fused-ring (bicyclic) bond motifs is 2. The zero-order valence-electron chi connectivity index (χ0n) is 16.2. The first-order chi connectivity index (χ1) is 12.2. The van der Waals surface area contributed by atoms with Gasteiger partial charge in [0.05, 0.1) is 13.0 Å². The van der Waals surface area contributed by atoms with Crippen LogP contribution < -0.4 is 0 Å². The zero-order chi connectivity index (χ0) is 21.5. The molecule has 1 unspecified atom stereocenters. The van der Waals surface area contributed by atoms with Crippen molar-refractivity contribution in [1.82, 2.24) is 0 Å². The fourth-order valence-electron chi connectivity index (χ4n) is 3.10. The standard InChI is InChI=1S/C7H12.C6H12O2.C5H6F6O/c1-2-7-4-3-6(1)5-7;1-4-5(2)6(7)8-3;1-2-3(12,4(6,7)8)5(9,10)11/h6-7H,1-5H2;5H,4H2,1-3H3;12H,2H2,1H3. The number of ether oxygens (including phenoxy) is 1. The number of hydrogen-bond acceptors (Lipinski definition) is 3. The second kappa shape index (κ2) is 10.5. The highest BCUT2D eigenvalue weighted by molar-refractivity contribution is 5.71. The third-order valence-electron chi connectivity index (χ3n) is 5.30. The molecule has 0 saturated heterocycles. The molecule has 0 spiro atoms. The second-order valence-electron chi connectivity index (χ2n) is 7.16. The molecule has 2 rings (SSSR count). The quantitative estimate of drug-likeness (QED) is 0.485. The van der Waals surface area contributed by atoms with Gasteiger partial charge in [-0.05, 0) is 31.1 Å². The SMILES string of the molecule is C1CC2CCC1C2.CCC(C)C(=O)OC.CCC(O)(C(F)(F)F)C(F)(F)F.